The fraction of sp³-hybridized carbons (Fsp3) is 0.111. The van der Waals surface area contributed by atoms with Crippen LogP contribution in [0.5, 0.6) is 0 Å². The van der Waals surface area contributed by atoms with E-state index in [1.165, 1.54) is 35.1 Å². The number of nitro groups is 1. The van der Waals surface area contributed by atoms with Crippen molar-refractivity contribution in [3.8, 4) is 0 Å². The minimum Gasteiger partial charge on any atom is -0.319 e. The first-order chi connectivity index (χ1) is 12.4. The van der Waals surface area contributed by atoms with Crippen LogP contribution in [0.3, 0.4) is 0 Å². The molecule has 0 aliphatic heterocycles. The number of hydrogen-bond donors (Lipinski definition) is 1. The number of rotatable bonds is 5. The lowest BCUT2D eigenvalue weighted by atomic mass is 10.1. The van der Waals surface area contributed by atoms with Crippen LogP contribution < -0.4 is 5.32 Å². The molecule has 1 amide bonds. The molecule has 0 saturated carbocycles. The number of nitrogens with one attached hydrogen (secondary N) is 1. The summed E-state index contributed by atoms with van der Waals surface area (Å²) in [7, 11) is 0. The number of aryl methyl sites for hydroxylation is 1. The Labute approximate surface area is 148 Å². The van der Waals surface area contributed by atoms with Crippen LogP contribution in [-0.4, -0.2) is 20.6 Å². The van der Waals surface area contributed by atoms with Gasteiger partial charge in [0, 0.05) is 29.0 Å². The van der Waals surface area contributed by atoms with Crippen LogP contribution in [0.4, 0.5) is 15.8 Å². The van der Waals surface area contributed by atoms with Gasteiger partial charge >= 0.3 is 0 Å². The maximum Gasteiger partial charge on any atom is 0.272 e. The fourth-order valence-electron chi connectivity index (χ4n) is 2.52. The van der Waals surface area contributed by atoms with Gasteiger partial charge in [0.2, 0.25) is 0 Å². The maximum absolute atomic E-state index is 13.7. The van der Waals surface area contributed by atoms with Gasteiger partial charge in [-0.2, -0.15) is 5.10 Å². The number of hydrogen-bond acceptors (Lipinski definition) is 4. The number of nitro benzene ring substituents is 1. The number of anilines is 1. The summed E-state index contributed by atoms with van der Waals surface area (Å²) >= 11 is 0. The van der Waals surface area contributed by atoms with Gasteiger partial charge in [-0.3, -0.25) is 19.6 Å². The summed E-state index contributed by atoms with van der Waals surface area (Å²) < 4.78 is 15.2. The molecule has 2 aromatic carbocycles. The van der Waals surface area contributed by atoms with Crippen LogP contribution in [0, 0.1) is 22.9 Å². The van der Waals surface area contributed by atoms with Gasteiger partial charge in [0.15, 0.2) is 0 Å². The van der Waals surface area contributed by atoms with Crippen molar-refractivity contribution in [2.45, 2.75) is 13.5 Å². The number of carbonyl (C=O) groups excluding carboxylic acids is 1. The molecule has 0 atom stereocenters. The van der Waals surface area contributed by atoms with E-state index in [2.05, 4.69) is 10.4 Å². The average Bonchev–Trinajstić information content (AvgIpc) is 3.03. The Morgan fingerprint density at radius 1 is 1.31 bits per heavy atom. The molecule has 8 heteroatoms. The van der Waals surface area contributed by atoms with Crippen LogP contribution in [0.25, 0.3) is 0 Å². The normalized spacial score (nSPS) is 10.5. The maximum atomic E-state index is 13.7. The van der Waals surface area contributed by atoms with E-state index in [1.54, 1.807) is 31.3 Å². The molecule has 0 saturated heterocycles. The van der Waals surface area contributed by atoms with E-state index in [0.717, 1.165) is 0 Å². The van der Waals surface area contributed by atoms with E-state index in [9.17, 15) is 19.3 Å². The van der Waals surface area contributed by atoms with Crippen LogP contribution >= 0.6 is 0 Å². The van der Waals surface area contributed by atoms with Gasteiger partial charge in [-0.05, 0) is 25.1 Å². The van der Waals surface area contributed by atoms with Crippen LogP contribution in [0.2, 0.25) is 0 Å². The lowest BCUT2D eigenvalue weighted by Crippen LogP contribution is -2.12. The summed E-state index contributed by atoms with van der Waals surface area (Å²) in [4.78, 5) is 22.6. The lowest BCUT2D eigenvalue weighted by Gasteiger charge is -2.05. The molecule has 7 nitrogen and oxygen atoms in total. The molecule has 0 spiro atoms. The van der Waals surface area contributed by atoms with Crippen molar-refractivity contribution in [2.24, 2.45) is 0 Å². The van der Waals surface area contributed by atoms with E-state index in [4.69, 9.17) is 0 Å². The number of halogens is 1. The van der Waals surface area contributed by atoms with E-state index < -0.39 is 10.8 Å². The summed E-state index contributed by atoms with van der Waals surface area (Å²) in [6, 6.07) is 10.5. The average molecular weight is 354 g/mol. The van der Waals surface area contributed by atoms with E-state index >= 15 is 0 Å². The second-order valence-corrected chi connectivity index (χ2v) is 5.73. The molecule has 0 bridgehead atoms. The number of amides is 1. The Balaban J connectivity index is 1.71. The van der Waals surface area contributed by atoms with Crippen LogP contribution in [-0.2, 0) is 6.54 Å². The standard InChI is InChI=1S/C18H15FN4O3/c1-12-8-13(6-7-17(12)23(25)26)18(24)21-15-9-20-22(11-15)10-14-4-2-3-5-16(14)19/h2-9,11H,10H2,1H3,(H,21,24). The van der Waals surface area contributed by atoms with Crippen LogP contribution in [0.15, 0.2) is 54.9 Å². The molecular weight excluding hydrogens is 339 g/mol. The zero-order valence-corrected chi connectivity index (χ0v) is 13.8. The summed E-state index contributed by atoms with van der Waals surface area (Å²) in [6.45, 7) is 1.81. The van der Waals surface area contributed by atoms with Crippen molar-refractivity contribution >= 4 is 17.3 Å². The highest BCUT2D eigenvalue weighted by Gasteiger charge is 2.14. The molecule has 1 heterocycles. The Kier molecular flexibility index (Phi) is 4.74. The van der Waals surface area contributed by atoms with Gasteiger partial charge in [-0.25, -0.2) is 4.39 Å². The molecule has 0 aliphatic rings. The van der Waals surface area contributed by atoms with Crippen molar-refractivity contribution in [1.82, 2.24) is 9.78 Å². The molecule has 26 heavy (non-hydrogen) atoms. The van der Waals surface area contributed by atoms with Gasteiger partial charge in [-0.15, -0.1) is 0 Å². The summed E-state index contributed by atoms with van der Waals surface area (Å²) in [5, 5.41) is 17.6. The monoisotopic (exact) mass is 354 g/mol. The molecule has 1 N–H and O–H groups in total. The zero-order valence-electron chi connectivity index (χ0n) is 13.8. The Morgan fingerprint density at radius 3 is 2.77 bits per heavy atom. The van der Waals surface area contributed by atoms with Crippen molar-refractivity contribution in [2.75, 3.05) is 5.32 Å². The molecule has 3 aromatic rings. The third-order valence-electron chi connectivity index (χ3n) is 3.84. The first kappa shape index (κ1) is 17.3. The van der Waals surface area contributed by atoms with Crippen molar-refractivity contribution in [3.05, 3.63) is 87.5 Å². The number of nitrogens with zero attached hydrogens (tertiary/aromatic N) is 3. The molecule has 0 unspecified atom stereocenters. The molecule has 3 rings (SSSR count). The van der Waals surface area contributed by atoms with E-state index in [1.807, 2.05) is 0 Å². The Bertz CT molecular complexity index is 984. The van der Waals surface area contributed by atoms with Crippen LogP contribution in [0.1, 0.15) is 21.5 Å². The molecule has 0 radical (unpaired) electrons. The van der Waals surface area contributed by atoms with E-state index in [0.29, 0.717) is 22.4 Å². The minimum absolute atomic E-state index is 0.0424. The van der Waals surface area contributed by atoms with Crippen molar-refractivity contribution < 1.29 is 14.1 Å². The molecule has 0 fully saturated rings. The number of aromatic nitrogens is 2. The third-order valence-corrected chi connectivity index (χ3v) is 3.84. The minimum atomic E-state index is -0.496. The molecule has 132 valence electrons. The lowest BCUT2D eigenvalue weighted by molar-refractivity contribution is -0.385. The smallest absolute Gasteiger partial charge is 0.272 e. The van der Waals surface area contributed by atoms with Gasteiger partial charge in [0.1, 0.15) is 5.82 Å². The number of benzene rings is 2. The highest BCUT2D eigenvalue weighted by Crippen LogP contribution is 2.19. The van der Waals surface area contributed by atoms with Gasteiger partial charge in [0.25, 0.3) is 11.6 Å². The Hall–Kier alpha value is -3.55. The first-order valence-electron chi connectivity index (χ1n) is 7.76. The second kappa shape index (κ2) is 7.14. The Morgan fingerprint density at radius 2 is 2.08 bits per heavy atom. The van der Waals surface area contributed by atoms with Crippen molar-refractivity contribution in [1.29, 1.82) is 0 Å². The zero-order chi connectivity index (χ0) is 18.7. The van der Waals surface area contributed by atoms with Gasteiger partial charge in [0.05, 0.1) is 23.4 Å². The molecular formula is C18H15FN4O3. The van der Waals surface area contributed by atoms with E-state index in [-0.39, 0.29) is 18.0 Å². The quantitative estimate of drug-likeness (QED) is 0.560. The second-order valence-electron chi connectivity index (χ2n) is 5.73. The van der Waals surface area contributed by atoms with Crippen molar-refractivity contribution in [3.63, 3.8) is 0 Å². The number of carbonyl (C=O) groups is 1. The van der Waals surface area contributed by atoms with Gasteiger partial charge in [-0.1, -0.05) is 18.2 Å². The topological polar surface area (TPSA) is 90.1 Å². The molecule has 1 aromatic heterocycles. The highest BCUT2D eigenvalue weighted by atomic mass is 19.1. The summed E-state index contributed by atoms with van der Waals surface area (Å²) in [5.74, 6) is -0.733. The summed E-state index contributed by atoms with van der Waals surface area (Å²) in [5.41, 5.74) is 1.59. The fourth-order valence-corrected chi connectivity index (χ4v) is 2.52. The summed E-state index contributed by atoms with van der Waals surface area (Å²) in [6.07, 6.45) is 3.04. The van der Waals surface area contributed by atoms with Gasteiger partial charge < -0.3 is 5.32 Å². The third kappa shape index (κ3) is 3.75. The molecule has 0 aliphatic carbocycles. The highest BCUT2D eigenvalue weighted by molar-refractivity contribution is 6.04. The predicted octanol–water partition coefficient (Wildman–Crippen LogP) is 3.54. The SMILES string of the molecule is Cc1cc(C(=O)Nc2cnn(Cc3ccccc3F)c2)ccc1[N+](=O)[O-]. The largest absolute Gasteiger partial charge is 0.319 e. The first-order valence-corrected chi connectivity index (χ1v) is 7.76. The predicted molar refractivity (Wildman–Crippen MR) is 93.5 cm³/mol.